The third kappa shape index (κ3) is 6.23. The summed E-state index contributed by atoms with van der Waals surface area (Å²) in [7, 11) is 0. The quantitative estimate of drug-likeness (QED) is 0.195. The Morgan fingerprint density at radius 1 is 1.12 bits per heavy atom. The molecule has 0 spiro atoms. The average Bonchev–Trinajstić information content (AvgIpc) is 2.65. The van der Waals surface area contributed by atoms with Gasteiger partial charge in [0.25, 0.3) is 6.79 Å². The fourth-order valence-corrected chi connectivity index (χ4v) is 2.15. The van der Waals surface area contributed by atoms with Crippen molar-refractivity contribution in [1.82, 2.24) is 5.32 Å². The van der Waals surface area contributed by atoms with Gasteiger partial charge < -0.3 is 20.1 Å². The van der Waals surface area contributed by atoms with Gasteiger partial charge in [-0.1, -0.05) is 48.5 Å². The van der Waals surface area contributed by atoms with E-state index in [1.807, 2.05) is 30.3 Å². The normalized spacial score (nSPS) is 12.1. The number of hydrogen-bond donors (Lipinski definition) is 1. The summed E-state index contributed by atoms with van der Waals surface area (Å²) in [5.74, 6) is -1.04. The molecule has 136 valence electrons. The van der Waals surface area contributed by atoms with Gasteiger partial charge in [-0.25, -0.2) is 4.79 Å². The minimum atomic E-state index is -0.865. The molecule has 2 aromatic rings. The first-order valence-electron chi connectivity index (χ1n) is 7.89. The zero-order valence-corrected chi connectivity index (χ0v) is 14.2. The van der Waals surface area contributed by atoms with Gasteiger partial charge >= 0.3 is 5.97 Å². The van der Waals surface area contributed by atoms with Gasteiger partial charge in [0.05, 0.1) is 0 Å². The number of esters is 1. The molecular formula is C18H19N3O5. The number of rotatable bonds is 8. The first-order valence-corrected chi connectivity index (χ1v) is 7.89. The van der Waals surface area contributed by atoms with Gasteiger partial charge in [0.15, 0.2) is 0 Å². The van der Waals surface area contributed by atoms with E-state index in [-0.39, 0.29) is 22.9 Å². The average molecular weight is 357 g/mol. The van der Waals surface area contributed by atoms with Gasteiger partial charge in [0.1, 0.15) is 6.04 Å². The van der Waals surface area contributed by atoms with Crippen molar-refractivity contribution in [3.63, 3.8) is 0 Å². The lowest BCUT2D eigenvalue weighted by molar-refractivity contribution is -0.482. The predicted molar refractivity (Wildman–Crippen MR) is 92.0 cm³/mol. The van der Waals surface area contributed by atoms with Gasteiger partial charge in [-0.3, -0.25) is 4.79 Å². The summed E-state index contributed by atoms with van der Waals surface area (Å²) in [6.45, 7) is 0.765. The number of benzene rings is 2. The highest BCUT2D eigenvalue weighted by molar-refractivity contribution is 5.83. The molecule has 1 amide bonds. The first-order chi connectivity index (χ1) is 12.6. The Morgan fingerprint density at radius 2 is 1.73 bits per heavy atom. The second-order valence-electron chi connectivity index (χ2n) is 5.34. The molecule has 0 fully saturated rings. The third-order valence-electron chi connectivity index (χ3n) is 3.31. The van der Waals surface area contributed by atoms with E-state index in [0.717, 1.165) is 5.56 Å². The summed E-state index contributed by atoms with van der Waals surface area (Å²) >= 11 is 0. The molecule has 1 atom stereocenters. The van der Waals surface area contributed by atoms with Crippen LogP contribution in [0, 0.1) is 5.21 Å². The van der Waals surface area contributed by atoms with Crippen molar-refractivity contribution in [1.29, 1.82) is 0 Å². The second kappa shape index (κ2) is 9.77. The number of amides is 1. The summed E-state index contributed by atoms with van der Waals surface area (Å²) in [6, 6.07) is 16.6. The monoisotopic (exact) mass is 357 g/mol. The molecule has 0 unspecified atom stereocenters. The van der Waals surface area contributed by atoms with Crippen LogP contribution in [0.25, 0.3) is 0 Å². The lowest BCUT2D eigenvalue weighted by Crippen LogP contribution is -2.42. The molecule has 0 heterocycles. The van der Waals surface area contributed by atoms with Gasteiger partial charge in [-0.15, -0.1) is 0 Å². The lowest BCUT2D eigenvalue weighted by Gasteiger charge is -2.16. The molecule has 8 heteroatoms. The molecule has 1 N–H and O–H groups in total. The van der Waals surface area contributed by atoms with Crippen LogP contribution in [-0.2, 0) is 25.6 Å². The summed E-state index contributed by atoms with van der Waals surface area (Å²) in [5, 5.41) is 17.5. The van der Waals surface area contributed by atoms with E-state index in [4.69, 9.17) is 9.57 Å². The van der Waals surface area contributed by atoms with E-state index in [1.165, 1.54) is 6.92 Å². The maximum absolute atomic E-state index is 12.1. The molecule has 26 heavy (non-hydrogen) atoms. The van der Waals surface area contributed by atoms with Crippen LogP contribution in [0.4, 0.5) is 5.69 Å². The summed E-state index contributed by atoms with van der Waals surface area (Å²) in [6.07, 6.45) is 0.272. The van der Waals surface area contributed by atoms with Gasteiger partial charge in [0, 0.05) is 25.5 Å². The minimum Gasteiger partial charge on any atom is -0.592 e. The summed E-state index contributed by atoms with van der Waals surface area (Å²) in [4.78, 5) is 28.4. The Morgan fingerprint density at radius 3 is 2.35 bits per heavy atom. The molecule has 0 aromatic heterocycles. The van der Waals surface area contributed by atoms with Crippen molar-refractivity contribution in [2.45, 2.75) is 19.4 Å². The van der Waals surface area contributed by atoms with Gasteiger partial charge in [-0.2, -0.15) is 0 Å². The van der Waals surface area contributed by atoms with Crippen LogP contribution in [-0.4, -0.2) is 29.6 Å². The molecule has 8 nitrogen and oxygen atoms in total. The third-order valence-corrected chi connectivity index (χ3v) is 3.31. The highest BCUT2D eigenvalue weighted by Gasteiger charge is 2.21. The van der Waals surface area contributed by atoms with Crippen LogP contribution in [0.5, 0.6) is 0 Å². The van der Waals surface area contributed by atoms with Crippen LogP contribution >= 0.6 is 0 Å². The summed E-state index contributed by atoms with van der Waals surface area (Å²) < 4.78 is 4.93. The first kappa shape index (κ1) is 18.9. The van der Waals surface area contributed by atoms with Crippen molar-refractivity contribution in [2.75, 3.05) is 6.79 Å². The fourth-order valence-electron chi connectivity index (χ4n) is 2.15. The van der Waals surface area contributed by atoms with Crippen molar-refractivity contribution < 1.29 is 24.0 Å². The Hall–Kier alpha value is -3.42. The Labute approximate surface area is 150 Å². The topological polar surface area (TPSA) is 103 Å². The Balaban J connectivity index is 1.87. The molecule has 0 aliphatic carbocycles. The minimum absolute atomic E-state index is 0.267. The van der Waals surface area contributed by atoms with Crippen molar-refractivity contribution in [3.8, 4) is 0 Å². The number of carbonyl (C=O) groups is 2. The molecule has 0 saturated heterocycles. The van der Waals surface area contributed by atoms with Crippen molar-refractivity contribution >= 4 is 17.6 Å². The molecule has 0 aliphatic rings. The predicted octanol–water partition coefficient (Wildman–Crippen LogP) is 2.46. The van der Waals surface area contributed by atoms with E-state index in [0.29, 0.717) is 0 Å². The standard InChI is InChI=1S/C18H19N3O5/c1-14(22)19-17(12-15-8-4-2-5-9-15)18(23)25-13-26-20-21(24)16-10-6-3-7-11-16/h2-11,17H,12-13H2,1H3,(H,19,22)/b21-20+/t17-/m0/s1. The number of nitrogens with one attached hydrogen (secondary N) is 1. The van der Waals surface area contributed by atoms with Crippen LogP contribution in [0.2, 0.25) is 0 Å². The van der Waals surface area contributed by atoms with Crippen LogP contribution < -0.4 is 5.32 Å². The Kier molecular flexibility index (Phi) is 7.11. The Bertz CT molecular complexity index is 750. The zero-order chi connectivity index (χ0) is 18.8. The number of hydrogen-bond acceptors (Lipinski definition) is 6. The number of carbonyl (C=O) groups excluding carboxylic acids is 2. The maximum atomic E-state index is 12.1. The highest BCUT2D eigenvalue weighted by Crippen LogP contribution is 2.09. The van der Waals surface area contributed by atoms with E-state index in [9.17, 15) is 14.8 Å². The highest BCUT2D eigenvalue weighted by atomic mass is 16.8. The molecule has 0 aliphatic heterocycles. The van der Waals surface area contributed by atoms with E-state index < -0.39 is 18.8 Å². The molecule has 0 bridgehead atoms. The second-order valence-corrected chi connectivity index (χ2v) is 5.34. The van der Waals surface area contributed by atoms with Crippen LogP contribution in [0.15, 0.2) is 65.9 Å². The fraction of sp³-hybridized carbons (Fsp3) is 0.222. The van der Waals surface area contributed by atoms with Crippen LogP contribution in [0.1, 0.15) is 12.5 Å². The smallest absolute Gasteiger partial charge is 0.331 e. The van der Waals surface area contributed by atoms with Gasteiger partial charge in [-0.05, 0) is 10.4 Å². The molecule has 2 aromatic carbocycles. The SMILES string of the molecule is CC(=O)N[C@@H](Cc1ccccc1)C(=O)OCO/N=[N+](/[O-])c1ccccc1. The molecule has 0 radical (unpaired) electrons. The largest absolute Gasteiger partial charge is 0.592 e. The maximum Gasteiger partial charge on any atom is 0.331 e. The molecule has 0 saturated carbocycles. The van der Waals surface area contributed by atoms with Crippen molar-refractivity contribution in [2.24, 2.45) is 5.28 Å². The number of ether oxygens (including phenoxy) is 1. The summed E-state index contributed by atoms with van der Waals surface area (Å²) in [5.41, 5.74) is 1.14. The van der Waals surface area contributed by atoms with Crippen LogP contribution in [0.3, 0.4) is 0 Å². The van der Waals surface area contributed by atoms with E-state index >= 15 is 0 Å². The number of para-hydroxylation sites is 1. The molecular weight excluding hydrogens is 338 g/mol. The zero-order valence-electron chi connectivity index (χ0n) is 14.2. The number of nitrogens with zero attached hydrogens (tertiary/aromatic N) is 2. The lowest BCUT2D eigenvalue weighted by atomic mass is 10.1. The van der Waals surface area contributed by atoms with Gasteiger partial charge in [0.2, 0.25) is 16.9 Å². The van der Waals surface area contributed by atoms with E-state index in [1.54, 1.807) is 30.3 Å². The molecule has 2 rings (SSSR count). The van der Waals surface area contributed by atoms with E-state index in [2.05, 4.69) is 10.6 Å². The van der Waals surface area contributed by atoms with Crippen molar-refractivity contribution in [3.05, 3.63) is 71.4 Å².